The number of aliphatic hydroxyl groups excluding tert-OH is 2. The summed E-state index contributed by atoms with van der Waals surface area (Å²) in [4.78, 5) is 34.6. The van der Waals surface area contributed by atoms with E-state index in [4.69, 9.17) is 29.9 Å². The molecule has 0 aromatic heterocycles. The molecule has 35 heavy (non-hydrogen) atoms. The third-order valence-electron chi connectivity index (χ3n) is 5.50. The van der Waals surface area contributed by atoms with Crippen molar-refractivity contribution in [2.45, 2.75) is 45.6 Å². The van der Waals surface area contributed by atoms with Crippen LogP contribution >= 0.6 is 0 Å². The van der Waals surface area contributed by atoms with Gasteiger partial charge in [-0.05, 0) is 44.0 Å². The van der Waals surface area contributed by atoms with E-state index in [9.17, 15) is 19.5 Å². The number of methoxy groups -OCH3 is 2. The predicted octanol–water partition coefficient (Wildman–Crippen LogP) is 2.06. The van der Waals surface area contributed by atoms with Crippen LogP contribution in [0.25, 0.3) is 0 Å². The van der Waals surface area contributed by atoms with Crippen LogP contribution in [0, 0.1) is 0 Å². The number of aliphatic carboxylic acids is 2. The predicted molar refractivity (Wildman–Crippen MR) is 125 cm³/mol. The lowest BCUT2D eigenvalue weighted by Crippen LogP contribution is -2.40. The highest BCUT2D eigenvalue weighted by Gasteiger charge is 2.27. The summed E-state index contributed by atoms with van der Waals surface area (Å²) in [7, 11) is 3.01. The molecule has 1 aromatic carbocycles. The summed E-state index contributed by atoms with van der Waals surface area (Å²) in [5.74, 6) is -6.54. The van der Waals surface area contributed by atoms with Gasteiger partial charge >= 0.3 is 11.9 Å². The van der Waals surface area contributed by atoms with E-state index < -0.39 is 23.5 Å². The minimum Gasteiger partial charge on any atom is -0.507 e. The Labute approximate surface area is 203 Å². The summed E-state index contributed by atoms with van der Waals surface area (Å²) >= 11 is 0. The number of phenols is 1. The van der Waals surface area contributed by atoms with Crippen LogP contribution in [0.4, 0.5) is 0 Å². The molecule has 1 amide bonds. The van der Waals surface area contributed by atoms with Crippen molar-refractivity contribution in [2.24, 2.45) is 0 Å². The second-order valence-corrected chi connectivity index (χ2v) is 7.69. The molecule has 6 N–H and O–H groups in total. The van der Waals surface area contributed by atoms with Crippen molar-refractivity contribution < 1.29 is 49.4 Å². The van der Waals surface area contributed by atoms with Crippen LogP contribution in [0.1, 0.15) is 49.0 Å². The summed E-state index contributed by atoms with van der Waals surface area (Å²) in [5.41, 5.74) is 0.854. The molecule has 1 aromatic rings. The quantitative estimate of drug-likeness (QED) is 0.205. The van der Waals surface area contributed by atoms with E-state index in [-0.39, 0.29) is 23.0 Å². The van der Waals surface area contributed by atoms with E-state index >= 15 is 0 Å². The number of carboxylic acid groups (broad SMARTS) is 2. The van der Waals surface area contributed by atoms with Crippen LogP contribution < -0.4 is 14.8 Å². The molecular formula is C23H34N2O10. The van der Waals surface area contributed by atoms with Crippen molar-refractivity contribution in [1.82, 2.24) is 10.2 Å². The normalized spacial score (nSPS) is 15.9. The van der Waals surface area contributed by atoms with Gasteiger partial charge in [0.25, 0.3) is 17.4 Å². The third-order valence-corrected chi connectivity index (χ3v) is 5.50. The van der Waals surface area contributed by atoms with Crippen LogP contribution in [-0.4, -0.2) is 88.2 Å². The Kier molecular flexibility index (Phi) is 11.7. The Morgan fingerprint density at radius 1 is 1.06 bits per heavy atom. The SMILES string of the molecule is CCCc1cc(OC)c(OC)c(C(=O)NC[C@@H]2CCCN2CC)c1O.O=C(O)/C(O)=C(\O)C(=O)O. The molecule has 1 fully saturated rings. The summed E-state index contributed by atoms with van der Waals surface area (Å²) in [5, 5.41) is 45.7. The first-order valence-electron chi connectivity index (χ1n) is 11.1. The molecule has 1 aliphatic rings. The molecule has 0 spiro atoms. The lowest BCUT2D eigenvalue weighted by Gasteiger charge is -2.23. The lowest BCUT2D eigenvalue weighted by atomic mass is 10.0. The number of carbonyl (C=O) groups is 3. The van der Waals surface area contributed by atoms with Gasteiger partial charge in [0.05, 0.1) is 14.2 Å². The number of aliphatic hydroxyl groups is 2. The zero-order valence-corrected chi connectivity index (χ0v) is 20.3. The topological polar surface area (TPSA) is 186 Å². The van der Waals surface area contributed by atoms with Gasteiger partial charge in [0.1, 0.15) is 11.3 Å². The molecule has 196 valence electrons. The number of likely N-dealkylation sites (N-methyl/N-ethyl adjacent to an activating group) is 1. The number of aromatic hydroxyl groups is 1. The first-order valence-corrected chi connectivity index (χ1v) is 11.1. The Hall–Kier alpha value is -3.67. The molecule has 1 heterocycles. The Bertz CT molecular complexity index is 923. The number of hydrogen-bond donors (Lipinski definition) is 6. The highest BCUT2D eigenvalue weighted by Crippen LogP contribution is 2.40. The second kappa shape index (κ2) is 13.9. The fourth-order valence-electron chi connectivity index (χ4n) is 3.75. The summed E-state index contributed by atoms with van der Waals surface area (Å²) in [6, 6.07) is 2.09. The molecule has 0 aliphatic carbocycles. The van der Waals surface area contributed by atoms with E-state index in [0.717, 1.165) is 32.4 Å². The van der Waals surface area contributed by atoms with Gasteiger partial charge in [-0.25, -0.2) is 9.59 Å². The number of ether oxygens (including phenoxy) is 2. The number of amides is 1. The summed E-state index contributed by atoms with van der Waals surface area (Å²) in [6.07, 6.45) is 3.76. The number of likely N-dealkylation sites (tertiary alicyclic amines) is 1. The molecule has 1 saturated heterocycles. The van der Waals surface area contributed by atoms with Gasteiger partial charge < -0.3 is 40.3 Å². The molecular weight excluding hydrogens is 464 g/mol. The highest BCUT2D eigenvalue weighted by atomic mass is 16.5. The Morgan fingerprint density at radius 2 is 1.66 bits per heavy atom. The number of benzene rings is 1. The van der Waals surface area contributed by atoms with Crippen LogP contribution in [0.2, 0.25) is 0 Å². The number of carbonyl (C=O) groups excluding carboxylic acids is 1. The van der Waals surface area contributed by atoms with Crippen molar-refractivity contribution in [2.75, 3.05) is 33.9 Å². The number of nitrogens with zero attached hydrogens (tertiary/aromatic N) is 1. The van der Waals surface area contributed by atoms with Crippen molar-refractivity contribution in [3.8, 4) is 17.2 Å². The molecule has 12 heteroatoms. The van der Waals surface area contributed by atoms with E-state index in [1.54, 1.807) is 6.07 Å². The number of carboxylic acids is 2. The summed E-state index contributed by atoms with van der Waals surface area (Å²) < 4.78 is 10.7. The number of hydrogen-bond acceptors (Lipinski definition) is 9. The zero-order valence-electron chi connectivity index (χ0n) is 20.3. The minimum absolute atomic E-state index is 0.0178. The van der Waals surface area contributed by atoms with Crippen LogP contribution in [-0.2, 0) is 16.0 Å². The average molecular weight is 499 g/mol. The zero-order chi connectivity index (χ0) is 26.7. The van der Waals surface area contributed by atoms with Gasteiger partial charge in [0.2, 0.25) is 0 Å². The molecule has 0 saturated carbocycles. The van der Waals surface area contributed by atoms with Crippen LogP contribution in [0.15, 0.2) is 17.6 Å². The maximum atomic E-state index is 12.8. The molecule has 1 atom stereocenters. The van der Waals surface area contributed by atoms with Crippen LogP contribution in [0.5, 0.6) is 17.2 Å². The van der Waals surface area contributed by atoms with Crippen LogP contribution in [0.3, 0.4) is 0 Å². The van der Waals surface area contributed by atoms with Crippen molar-refractivity contribution in [3.63, 3.8) is 0 Å². The minimum atomic E-state index is -1.89. The fourth-order valence-corrected chi connectivity index (χ4v) is 3.75. The van der Waals surface area contributed by atoms with Gasteiger partial charge in [-0.3, -0.25) is 9.69 Å². The van der Waals surface area contributed by atoms with Crippen molar-refractivity contribution in [3.05, 3.63) is 28.7 Å². The number of rotatable bonds is 10. The van der Waals surface area contributed by atoms with E-state index in [1.165, 1.54) is 14.2 Å². The van der Waals surface area contributed by atoms with Crippen molar-refractivity contribution >= 4 is 17.8 Å². The molecule has 2 rings (SSSR count). The maximum absolute atomic E-state index is 12.8. The number of nitrogens with one attached hydrogen (secondary N) is 1. The van der Waals surface area contributed by atoms with E-state index in [1.807, 2.05) is 6.92 Å². The monoisotopic (exact) mass is 498 g/mol. The summed E-state index contributed by atoms with van der Waals surface area (Å²) in [6.45, 7) is 6.78. The van der Waals surface area contributed by atoms with Gasteiger partial charge in [-0.1, -0.05) is 20.3 Å². The highest BCUT2D eigenvalue weighted by molar-refractivity contribution is 6.01. The average Bonchev–Trinajstić information content (AvgIpc) is 3.30. The standard InChI is InChI=1S/C19H30N2O4.C4H4O6/c1-5-8-13-11-15(24-3)18(25-4)16(17(13)22)19(23)20-12-14-9-7-10-21(14)6-2;5-1(3(7)8)2(6)4(9)10/h11,14,22H,5-10,12H2,1-4H3,(H,20,23);5-6H,(H,7,8)(H,9,10)/b;2-1+/t14-;/m0./s1. The maximum Gasteiger partial charge on any atom is 0.375 e. The first kappa shape index (κ1) is 29.4. The second-order valence-electron chi connectivity index (χ2n) is 7.69. The third kappa shape index (κ3) is 7.67. The molecule has 0 bridgehead atoms. The fraction of sp³-hybridized carbons (Fsp3) is 0.522. The Morgan fingerprint density at radius 3 is 2.11 bits per heavy atom. The van der Waals surface area contributed by atoms with E-state index in [2.05, 4.69) is 17.1 Å². The molecule has 12 nitrogen and oxygen atoms in total. The van der Waals surface area contributed by atoms with Gasteiger partial charge in [0.15, 0.2) is 11.5 Å². The van der Waals surface area contributed by atoms with E-state index in [0.29, 0.717) is 30.3 Å². The first-order chi connectivity index (χ1) is 16.5. The molecule has 1 aliphatic heterocycles. The largest absolute Gasteiger partial charge is 0.507 e. The Balaban J connectivity index is 0.000000518. The number of aryl methyl sites for hydroxylation is 1. The smallest absolute Gasteiger partial charge is 0.375 e. The lowest BCUT2D eigenvalue weighted by molar-refractivity contribution is -0.140. The molecule has 0 unspecified atom stereocenters. The van der Waals surface area contributed by atoms with Gasteiger partial charge in [0, 0.05) is 12.6 Å². The molecule has 0 radical (unpaired) electrons. The van der Waals surface area contributed by atoms with Gasteiger partial charge in [-0.2, -0.15) is 0 Å². The van der Waals surface area contributed by atoms with Gasteiger partial charge in [-0.15, -0.1) is 0 Å². The number of phenolic OH excluding ortho intramolecular Hbond substituents is 1. The van der Waals surface area contributed by atoms with Crippen molar-refractivity contribution in [1.29, 1.82) is 0 Å².